The SMILES string of the molecule is CC(C)c1ccccc1-[c-]1[cH-][cH-][cH-][cH-]1.CC(C)c1ccccc1-[c-]1cccc1.[Fe]. The fraction of sp³-hybridized carbons (Fsp3) is 0.214. The molecule has 0 atom stereocenters. The third-order valence-electron chi connectivity index (χ3n) is 5.11. The van der Waals surface area contributed by atoms with Crippen LogP contribution in [0.4, 0.5) is 0 Å². The Morgan fingerprint density at radius 3 is 1.59 bits per heavy atom. The molecule has 4 aromatic rings. The van der Waals surface area contributed by atoms with Crippen LogP contribution in [-0.2, 0) is 17.1 Å². The monoisotopic (exact) mass is 422 g/mol. The van der Waals surface area contributed by atoms with Crippen molar-refractivity contribution in [2.45, 2.75) is 39.5 Å². The Kier molecular flexibility index (Phi) is 8.70. The molecule has 0 bridgehead atoms. The Balaban J connectivity index is 0.000000200. The van der Waals surface area contributed by atoms with E-state index >= 15 is 0 Å². The van der Waals surface area contributed by atoms with E-state index in [1.165, 1.54) is 33.4 Å². The summed E-state index contributed by atoms with van der Waals surface area (Å²) in [5.41, 5.74) is 8.25. The molecule has 29 heavy (non-hydrogen) atoms. The zero-order valence-electron chi connectivity index (χ0n) is 17.7. The molecule has 0 amide bonds. The quantitative estimate of drug-likeness (QED) is 0.229. The summed E-state index contributed by atoms with van der Waals surface area (Å²) in [5, 5.41) is 0. The molecule has 0 saturated carbocycles. The Hall–Kier alpha value is -2.34. The van der Waals surface area contributed by atoms with Gasteiger partial charge in [-0.05, 0) is 5.92 Å². The van der Waals surface area contributed by atoms with Gasteiger partial charge in [-0.25, -0.2) is 0 Å². The van der Waals surface area contributed by atoms with Gasteiger partial charge in [-0.2, -0.15) is 24.3 Å². The first-order valence-electron chi connectivity index (χ1n) is 10.2. The maximum absolute atomic E-state index is 2.24. The van der Waals surface area contributed by atoms with E-state index < -0.39 is 0 Å². The summed E-state index contributed by atoms with van der Waals surface area (Å²) >= 11 is 0. The first-order valence-corrected chi connectivity index (χ1v) is 10.2. The van der Waals surface area contributed by atoms with Crippen molar-refractivity contribution in [3.05, 3.63) is 108 Å². The maximum Gasteiger partial charge on any atom is 0 e. The largest absolute Gasteiger partial charge is 0.641 e. The first-order chi connectivity index (χ1) is 13.6. The Labute approximate surface area is 186 Å². The molecule has 4 rings (SSSR count). The third-order valence-corrected chi connectivity index (χ3v) is 5.11. The molecule has 0 aliphatic heterocycles. The Bertz CT molecular complexity index is 875. The fourth-order valence-electron chi connectivity index (χ4n) is 3.63. The van der Waals surface area contributed by atoms with Gasteiger partial charge in [0, 0.05) is 17.1 Å². The van der Waals surface area contributed by atoms with Crippen molar-refractivity contribution >= 4 is 0 Å². The number of rotatable bonds is 4. The van der Waals surface area contributed by atoms with E-state index in [9.17, 15) is 0 Å². The summed E-state index contributed by atoms with van der Waals surface area (Å²) in [7, 11) is 0. The molecule has 0 aliphatic carbocycles. The zero-order valence-corrected chi connectivity index (χ0v) is 18.9. The van der Waals surface area contributed by atoms with E-state index in [0.717, 1.165) is 0 Å². The van der Waals surface area contributed by atoms with Gasteiger partial charge in [-0.1, -0.05) is 51.5 Å². The van der Waals surface area contributed by atoms with Crippen LogP contribution in [0.5, 0.6) is 0 Å². The van der Waals surface area contributed by atoms with Crippen LogP contribution in [0, 0.1) is 0 Å². The molecule has 0 heterocycles. The molecule has 0 unspecified atom stereocenters. The van der Waals surface area contributed by atoms with Gasteiger partial charge < -0.3 is 47.0 Å². The standard InChI is InChI=1S/2C14H15.Fe/c2*1-11(2)13-9-5-6-10-14(13)12-7-3-4-8-12;/h2*3-11H,1-2H3;/q-5;-1;. The number of benzene rings is 2. The van der Waals surface area contributed by atoms with Gasteiger partial charge in [-0.3, -0.25) is 0 Å². The summed E-state index contributed by atoms with van der Waals surface area (Å²) < 4.78 is 0. The van der Waals surface area contributed by atoms with Gasteiger partial charge in [0.25, 0.3) is 0 Å². The molecule has 0 spiro atoms. The summed E-state index contributed by atoms with van der Waals surface area (Å²) in [5.74, 6) is 1.17. The van der Waals surface area contributed by atoms with Crippen LogP contribution in [0.25, 0.3) is 22.3 Å². The van der Waals surface area contributed by atoms with Crippen molar-refractivity contribution in [2.75, 3.05) is 0 Å². The van der Waals surface area contributed by atoms with Gasteiger partial charge in [-0.15, -0.1) is 41.3 Å². The van der Waals surface area contributed by atoms with Crippen molar-refractivity contribution in [1.82, 2.24) is 0 Å². The van der Waals surface area contributed by atoms with Gasteiger partial charge in [0.05, 0.1) is 0 Å². The van der Waals surface area contributed by atoms with E-state index in [1.807, 2.05) is 0 Å². The Morgan fingerprint density at radius 2 is 1.07 bits per heavy atom. The van der Waals surface area contributed by atoms with E-state index in [4.69, 9.17) is 0 Å². The van der Waals surface area contributed by atoms with Crippen LogP contribution < -0.4 is 0 Å². The van der Waals surface area contributed by atoms with Crippen molar-refractivity contribution in [1.29, 1.82) is 0 Å². The van der Waals surface area contributed by atoms with E-state index in [1.54, 1.807) is 0 Å². The summed E-state index contributed by atoms with van der Waals surface area (Å²) in [6.45, 7) is 8.95. The summed E-state index contributed by atoms with van der Waals surface area (Å²) in [6, 6.07) is 34.3. The average Bonchev–Trinajstić information content (AvgIpc) is 3.42. The number of hydrogen-bond donors (Lipinski definition) is 0. The maximum atomic E-state index is 2.24. The van der Waals surface area contributed by atoms with Crippen molar-refractivity contribution in [2.24, 2.45) is 0 Å². The molecule has 156 valence electrons. The summed E-state index contributed by atoms with van der Waals surface area (Å²) in [6.07, 6.45) is 0. The normalized spacial score (nSPS) is 10.4. The van der Waals surface area contributed by atoms with Crippen LogP contribution in [0.15, 0.2) is 97.1 Å². The second kappa shape index (κ2) is 11.0. The second-order valence-electron chi connectivity index (χ2n) is 7.83. The molecular weight excluding hydrogens is 392 g/mol. The van der Waals surface area contributed by atoms with Gasteiger partial charge in [0.2, 0.25) is 0 Å². The van der Waals surface area contributed by atoms with E-state index in [0.29, 0.717) is 11.8 Å². The molecule has 0 fully saturated rings. The minimum absolute atomic E-state index is 0. The van der Waals surface area contributed by atoms with Crippen molar-refractivity contribution in [3.8, 4) is 22.3 Å². The molecule has 0 radical (unpaired) electrons. The Morgan fingerprint density at radius 1 is 0.621 bits per heavy atom. The molecule has 0 aromatic heterocycles. The van der Waals surface area contributed by atoms with E-state index in [2.05, 4.69) is 125 Å². The first kappa shape index (κ1) is 22.9. The predicted molar refractivity (Wildman–Crippen MR) is 123 cm³/mol. The van der Waals surface area contributed by atoms with Crippen LogP contribution in [0.3, 0.4) is 0 Å². The molecule has 4 aromatic carbocycles. The molecule has 0 saturated heterocycles. The zero-order chi connectivity index (χ0) is 19.9. The summed E-state index contributed by atoms with van der Waals surface area (Å²) in [4.78, 5) is 0. The van der Waals surface area contributed by atoms with E-state index in [-0.39, 0.29) is 17.1 Å². The van der Waals surface area contributed by atoms with Gasteiger partial charge in [0.1, 0.15) is 0 Å². The molecule has 1 heteroatoms. The molecule has 0 nitrogen and oxygen atoms in total. The van der Waals surface area contributed by atoms with Gasteiger partial charge in [0.15, 0.2) is 0 Å². The molecular formula is C28H30Fe-6. The van der Waals surface area contributed by atoms with Crippen molar-refractivity contribution < 1.29 is 17.1 Å². The minimum atomic E-state index is 0. The second-order valence-corrected chi connectivity index (χ2v) is 7.83. The number of hydrogen-bond acceptors (Lipinski definition) is 0. The van der Waals surface area contributed by atoms with Crippen LogP contribution >= 0.6 is 0 Å². The molecule has 0 aliphatic rings. The molecule has 0 N–H and O–H groups in total. The van der Waals surface area contributed by atoms with Gasteiger partial charge >= 0.3 is 0 Å². The van der Waals surface area contributed by atoms with Crippen LogP contribution in [-0.4, -0.2) is 0 Å². The van der Waals surface area contributed by atoms with Crippen molar-refractivity contribution in [3.63, 3.8) is 0 Å². The fourth-order valence-corrected chi connectivity index (χ4v) is 3.63. The predicted octanol–water partition coefficient (Wildman–Crippen LogP) is 8.39. The third kappa shape index (κ3) is 5.82. The minimum Gasteiger partial charge on any atom is -0.641 e. The smallest absolute Gasteiger partial charge is 0 e. The van der Waals surface area contributed by atoms with Crippen LogP contribution in [0.2, 0.25) is 0 Å². The van der Waals surface area contributed by atoms with Crippen LogP contribution in [0.1, 0.15) is 50.7 Å². The topological polar surface area (TPSA) is 0 Å². The average molecular weight is 422 g/mol.